The van der Waals surface area contributed by atoms with Crippen molar-refractivity contribution in [2.75, 3.05) is 45.6 Å². The number of ether oxygens (including phenoxy) is 1. The van der Waals surface area contributed by atoms with Crippen LogP contribution in [0.25, 0.3) is 0 Å². The molecular formula is C22H30N4O5S. The van der Waals surface area contributed by atoms with Crippen molar-refractivity contribution in [3.05, 3.63) is 47.1 Å². The molecule has 9 nitrogen and oxygen atoms in total. The van der Waals surface area contributed by atoms with Crippen molar-refractivity contribution in [2.45, 2.75) is 37.4 Å². The first kappa shape index (κ1) is 22.7. The maximum atomic E-state index is 13.3. The topological polar surface area (TPSA) is 106 Å². The highest BCUT2D eigenvalue weighted by atomic mass is 32.2. The summed E-state index contributed by atoms with van der Waals surface area (Å²) in [6.07, 6.45) is 2.86. The molecule has 2 fully saturated rings. The summed E-state index contributed by atoms with van der Waals surface area (Å²) in [5.74, 6) is 0.239. The number of aryl methyl sites for hydroxylation is 1. The minimum Gasteiger partial charge on any atom is -0.378 e. The van der Waals surface area contributed by atoms with Gasteiger partial charge in [-0.2, -0.15) is 4.98 Å². The van der Waals surface area contributed by atoms with E-state index in [9.17, 15) is 13.2 Å². The van der Waals surface area contributed by atoms with Crippen molar-refractivity contribution >= 4 is 15.9 Å². The summed E-state index contributed by atoms with van der Waals surface area (Å²) in [7, 11) is -3.26. The molecule has 2 amide bonds. The van der Waals surface area contributed by atoms with Gasteiger partial charge < -0.3 is 19.1 Å². The van der Waals surface area contributed by atoms with Gasteiger partial charge in [0.1, 0.15) is 5.75 Å². The van der Waals surface area contributed by atoms with Gasteiger partial charge in [0.25, 0.3) is 0 Å². The van der Waals surface area contributed by atoms with Crippen molar-refractivity contribution < 1.29 is 22.5 Å². The number of hydrogen-bond acceptors (Lipinski definition) is 7. The molecule has 0 spiro atoms. The van der Waals surface area contributed by atoms with Crippen LogP contribution in [-0.2, 0) is 26.7 Å². The maximum absolute atomic E-state index is 13.3. The van der Waals surface area contributed by atoms with Crippen LogP contribution in [-0.4, -0.2) is 80.0 Å². The van der Waals surface area contributed by atoms with Crippen LogP contribution in [0.1, 0.15) is 48.0 Å². The number of aromatic nitrogens is 2. The molecule has 4 rings (SSSR count). The quantitative estimate of drug-likeness (QED) is 0.671. The van der Waals surface area contributed by atoms with E-state index in [4.69, 9.17) is 9.26 Å². The Morgan fingerprint density at radius 2 is 1.78 bits per heavy atom. The highest BCUT2D eigenvalue weighted by molar-refractivity contribution is 7.89. The average Bonchev–Trinajstić information content (AvgIpc) is 3.26. The minimum absolute atomic E-state index is 0.0101. The van der Waals surface area contributed by atoms with E-state index in [2.05, 4.69) is 41.3 Å². The van der Waals surface area contributed by atoms with Crippen molar-refractivity contribution in [1.29, 1.82) is 0 Å². The van der Waals surface area contributed by atoms with Gasteiger partial charge in [0.05, 0.1) is 19.1 Å². The molecule has 2 atom stereocenters. The third-order valence-corrected chi connectivity index (χ3v) is 6.87. The first-order valence-electron chi connectivity index (χ1n) is 11.0. The molecule has 2 aliphatic heterocycles. The minimum atomic E-state index is -3.26. The summed E-state index contributed by atoms with van der Waals surface area (Å²) in [4.78, 5) is 21.3. The summed E-state index contributed by atoms with van der Waals surface area (Å²) in [5, 5.41) is 3.86. The third-order valence-electron chi connectivity index (χ3n) is 6.09. The van der Waals surface area contributed by atoms with E-state index in [1.54, 1.807) is 0 Å². The van der Waals surface area contributed by atoms with Gasteiger partial charge in [-0.25, -0.2) is 13.2 Å². The van der Waals surface area contributed by atoms with Gasteiger partial charge in [0.2, 0.25) is 5.89 Å². The summed E-state index contributed by atoms with van der Waals surface area (Å²) >= 11 is 0. The van der Waals surface area contributed by atoms with Crippen molar-refractivity contribution in [2.24, 2.45) is 0 Å². The molecule has 0 saturated carbocycles. The molecule has 2 aromatic rings. The molecule has 3 heterocycles. The van der Waals surface area contributed by atoms with Crippen LogP contribution in [0.15, 0.2) is 28.8 Å². The highest BCUT2D eigenvalue weighted by Gasteiger charge is 2.36. The molecule has 0 aliphatic carbocycles. The zero-order chi connectivity index (χ0) is 22.7. The Hall–Kier alpha value is -2.46. The standard InChI is InChI=1S/C22H30N4O5S/c1-3-16-4-6-17(7-5-16)18-12-19(21-23-20(24-31-21)15-32(2,28)29)14-26(13-18)22(27)25-8-10-30-11-9-25/h4-7,18-19H,3,8-15H2,1-2H3. The Kier molecular flexibility index (Phi) is 6.80. The molecule has 0 radical (unpaired) electrons. The Morgan fingerprint density at radius 3 is 2.44 bits per heavy atom. The molecule has 10 heteroatoms. The van der Waals surface area contributed by atoms with Gasteiger partial charge in [-0.05, 0) is 24.0 Å². The van der Waals surface area contributed by atoms with Crippen molar-refractivity contribution in [3.8, 4) is 0 Å². The zero-order valence-electron chi connectivity index (χ0n) is 18.6. The second kappa shape index (κ2) is 9.58. The number of piperidine rings is 1. The van der Waals surface area contributed by atoms with Crippen LogP contribution < -0.4 is 0 Å². The number of rotatable bonds is 5. The highest BCUT2D eigenvalue weighted by Crippen LogP contribution is 2.36. The van der Waals surface area contributed by atoms with Gasteiger partial charge in [-0.3, -0.25) is 0 Å². The number of carbonyl (C=O) groups excluding carboxylic acids is 1. The summed E-state index contributed by atoms with van der Waals surface area (Å²) in [6.45, 7) is 5.44. The average molecular weight is 463 g/mol. The lowest BCUT2D eigenvalue weighted by Crippen LogP contribution is -2.52. The number of morpholine rings is 1. The Balaban J connectivity index is 1.58. The van der Waals surface area contributed by atoms with Crippen molar-refractivity contribution in [3.63, 3.8) is 0 Å². The molecule has 2 aliphatic rings. The number of likely N-dealkylation sites (tertiary alicyclic amines) is 1. The molecule has 32 heavy (non-hydrogen) atoms. The number of nitrogens with zero attached hydrogens (tertiary/aromatic N) is 4. The predicted molar refractivity (Wildman–Crippen MR) is 118 cm³/mol. The van der Waals surface area contributed by atoms with E-state index < -0.39 is 9.84 Å². The van der Waals surface area contributed by atoms with Crippen LogP contribution in [0.2, 0.25) is 0 Å². The summed E-state index contributed by atoms with van der Waals surface area (Å²) in [5.41, 5.74) is 2.44. The van der Waals surface area contributed by atoms with Crippen LogP contribution in [0.5, 0.6) is 0 Å². The molecule has 0 N–H and O–H groups in total. The normalized spacial score (nSPS) is 22.2. The lowest BCUT2D eigenvalue weighted by atomic mass is 9.84. The number of amides is 2. The Morgan fingerprint density at radius 1 is 1.09 bits per heavy atom. The summed E-state index contributed by atoms with van der Waals surface area (Å²) < 4.78 is 34.0. The maximum Gasteiger partial charge on any atom is 0.320 e. The van der Waals surface area contributed by atoms with E-state index in [1.807, 2.05) is 9.80 Å². The van der Waals surface area contributed by atoms with E-state index in [1.165, 1.54) is 11.1 Å². The first-order valence-corrected chi connectivity index (χ1v) is 13.1. The molecule has 1 aromatic carbocycles. The van der Waals surface area contributed by atoms with Gasteiger partial charge >= 0.3 is 6.03 Å². The van der Waals surface area contributed by atoms with Crippen LogP contribution in [0, 0.1) is 0 Å². The van der Waals surface area contributed by atoms with Gasteiger partial charge in [-0.1, -0.05) is 36.3 Å². The number of benzene rings is 1. The monoisotopic (exact) mass is 462 g/mol. The molecule has 2 unspecified atom stereocenters. The SMILES string of the molecule is CCc1ccc(C2CC(c3nc(CS(C)(=O)=O)no3)CN(C(=O)N3CCOCC3)C2)cc1. The number of urea groups is 1. The third kappa shape index (κ3) is 5.47. The number of hydrogen-bond donors (Lipinski definition) is 0. The van der Waals surface area contributed by atoms with Crippen LogP contribution in [0.4, 0.5) is 4.79 Å². The van der Waals surface area contributed by atoms with Gasteiger partial charge in [0, 0.05) is 38.4 Å². The van der Waals surface area contributed by atoms with E-state index in [0.29, 0.717) is 45.3 Å². The van der Waals surface area contributed by atoms with Crippen LogP contribution >= 0.6 is 0 Å². The molecule has 2 saturated heterocycles. The Bertz CT molecular complexity index is 1030. The fourth-order valence-corrected chi connectivity index (χ4v) is 4.97. The fourth-order valence-electron chi connectivity index (χ4n) is 4.38. The van der Waals surface area contributed by atoms with Gasteiger partial charge in [-0.15, -0.1) is 0 Å². The molecule has 0 bridgehead atoms. The second-order valence-electron chi connectivity index (χ2n) is 8.63. The van der Waals surface area contributed by atoms with E-state index in [0.717, 1.165) is 19.1 Å². The molecular weight excluding hydrogens is 432 g/mol. The first-order chi connectivity index (χ1) is 15.3. The van der Waals surface area contributed by atoms with Crippen LogP contribution in [0.3, 0.4) is 0 Å². The lowest BCUT2D eigenvalue weighted by Gasteiger charge is -2.40. The molecule has 1 aromatic heterocycles. The van der Waals surface area contributed by atoms with Crippen molar-refractivity contribution in [1.82, 2.24) is 19.9 Å². The smallest absolute Gasteiger partial charge is 0.320 e. The fraction of sp³-hybridized carbons (Fsp3) is 0.591. The zero-order valence-corrected chi connectivity index (χ0v) is 19.4. The molecule has 174 valence electrons. The van der Waals surface area contributed by atoms with E-state index in [-0.39, 0.29) is 29.4 Å². The lowest BCUT2D eigenvalue weighted by molar-refractivity contribution is 0.0392. The Labute approximate surface area is 188 Å². The van der Waals surface area contributed by atoms with Gasteiger partial charge in [0.15, 0.2) is 15.7 Å². The number of carbonyl (C=O) groups is 1. The summed E-state index contributed by atoms with van der Waals surface area (Å²) in [6, 6.07) is 8.51. The van der Waals surface area contributed by atoms with E-state index >= 15 is 0 Å². The number of sulfone groups is 1. The predicted octanol–water partition coefficient (Wildman–Crippen LogP) is 2.20. The second-order valence-corrected chi connectivity index (χ2v) is 10.8. The largest absolute Gasteiger partial charge is 0.378 e.